The van der Waals surface area contributed by atoms with Crippen molar-refractivity contribution < 1.29 is 26.3 Å². The lowest BCUT2D eigenvalue weighted by Crippen LogP contribution is -2.15. The first kappa shape index (κ1) is 17.6. The first-order chi connectivity index (χ1) is 10.6. The highest BCUT2D eigenvalue weighted by atomic mass is 79.9. The van der Waals surface area contributed by atoms with Gasteiger partial charge in [0.25, 0.3) is 10.0 Å². The van der Waals surface area contributed by atoms with Crippen molar-refractivity contribution in [2.75, 3.05) is 11.8 Å². The van der Waals surface area contributed by atoms with Crippen LogP contribution in [0.5, 0.6) is 5.75 Å². The summed E-state index contributed by atoms with van der Waals surface area (Å²) in [7, 11) is -2.69. The first-order valence-electron chi connectivity index (χ1n) is 6.17. The Labute approximate surface area is 139 Å². The van der Waals surface area contributed by atoms with Gasteiger partial charge in [-0.05, 0) is 42.5 Å². The number of rotatable bonds is 4. The molecule has 0 heterocycles. The summed E-state index contributed by atoms with van der Waals surface area (Å²) in [4.78, 5) is -0.483. The van der Waals surface area contributed by atoms with E-state index in [4.69, 9.17) is 4.74 Å². The Morgan fingerprint density at radius 1 is 1.09 bits per heavy atom. The Hall–Kier alpha value is -1.74. The van der Waals surface area contributed by atoms with Crippen LogP contribution >= 0.6 is 15.9 Å². The molecule has 0 unspecified atom stereocenters. The molecule has 0 aliphatic carbocycles. The van der Waals surface area contributed by atoms with Crippen LogP contribution in [-0.2, 0) is 16.2 Å². The molecule has 0 bridgehead atoms. The van der Waals surface area contributed by atoms with E-state index >= 15 is 0 Å². The van der Waals surface area contributed by atoms with Crippen molar-refractivity contribution in [3.05, 3.63) is 52.5 Å². The fraction of sp³-hybridized carbons (Fsp3) is 0.143. The molecule has 2 aromatic rings. The standard InChI is InChI=1S/C14H11BrF3NO3S/c1-22-10-4-2-9(3-5-10)19-23(20,21)11-6-7-13(15)12(8-11)14(16,17)18/h2-8,19H,1H3. The van der Waals surface area contributed by atoms with Crippen LogP contribution in [0.1, 0.15) is 5.56 Å². The number of nitrogens with one attached hydrogen (secondary N) is 1. The summed E-state index contributed by atoms with van der Waals surface area (Å²) in [6.07, 6.45) is -4.66. The van der Waals surface area contributed by atoms with Crippen LogP contribution in [0, 0.1) is 0 Å². The summed E-state index contributed by atoms with van der Waals surface area (Å²) >= 11 is 2.77. The van der Waals surface area contributed by atoms with Crippen LogP contribution in [0.3, 0.4) is 0 Å². The maximum Gasteiger partial charge on any atom is 0.417 e. The zero-order chi connectivity index (χ0) is 17.3. The molecule has 0 atom stereocenters. The summed E-state index contributed by atoms with van der Waals surface area (Å²) in [5.74, 6) is 0.524. The van der Waals surface area contributed by atoms with Crippen molar-refractivity contribution in [2.24, 2.45) is 0 Å². The number of methoxy groups -OCH3 is 1. The van der Waals surface area contributed by atoms with E-state index in [1.165, 1.54) is 31.4 Å². The molecule has 23 heavy (non-hydrogen) atoms. The predicted molar refractivity (Wildman–Crippen MR) is 82.9 cm³/mol. The van der Waals surface area contributed by atoms with Crippen LogP contribution in [0.4, 0.5) is 18.9 Å². The maximum absolute atomic E-state index is 12.9. The van der Waals surface area contributed by atoms with E-state index in [9.17, 15) is 21.6 Å². The largest absolute Gasteiger partial charge is 0.497 e. The van der Waals surface area contributed by atoms with E-state index in [0.717, 1.165) is 12.1 Å². The van der Waals surface area contributed by atoms with Gasteiger partial charge in [0.1, 0.15) is 5.75 Å². The Kier molecular flexibility index (Phi) is 4.90. The molecule has 1 N–H and O–H groups in total. The number of sulfonamides is 1. The van der Waals surface area contributed by atoms with E-state index in [1.807, 2.05) is 0 Å². The summed E-state index contributed by atoms with van der Waals surface area (Å²) in [6, 6.07) is 8.66. The number of benzene rings is 2. The van der Waals surface area contributed by atoms with Gasteiger partial charge in [-0.15, -0.1) is 0 Å². The average Bonchev–Trinajstić information content (AvgIpc) is 2.46. The van der Waals surface area contributed by atoms with E-state index in [0.29, 0.717) is 11.8 Å². The van der Waals surface area contributed by atoms with Gasteiger partial charge in [0, 0.05) is 10.2 Å². The van der Waals surface area contributed by atoms with Gasteiger partial charge in [-0.2, -0.15) is 13.2 Å². The molecular weight excluding hydrogens is 399 g/mol. The molecule has 0 saturated carbocycles. The average molecular weight is 410 g/mol. The fourth-order valence-corrected chi connectivity index (χ4v) is 3.32. The minimum Gasteiger partial charge on any atom is -0.497 e. The maximum atomic E-state index is 12.9. The van der Waals surface area contributed by atoms with E-state index in [-0.39, 0.29) is 10.2 Å². The first-order valence-corrected chi connectivity index (χ1v) is 8.45. The number of halogens is 4. The van der Waals surface area contributed by atoms with Crippen LogP contribution in [0.25, 0.3) is 0 Å². The van der Waals surface area contributed by atoms with Gasteiger partial charge in [-0.3, -0.25) is 4.72 Å². The Morgan fingerprint density at radius 2 is 1.70 bits per heavy atom. The lowest BCUT2D eigenvalue weighted by molar-refractivity contribution is -0.138. The van der Waals surface area contributed by atoms with Crippen molar-refractivity contribution in [3.63, 3.8) is 0 Å². The number of hydrogen-bond donors (Lipinski definition) is 1. The molecule has 0 aliphatic heterocycles. The van der Waals surface area contributed by atoms with E-state index in [2.05, 4.69) is 20.7 Å². The zero-order valence-corrected chi connectivity index (χ0v) is 14.1. The van der Waals surface area contributed by atoms with Gasteiger partial charge in [-0.1, -0.05) is 15.9 Å². The summed E-state index contributed by atoms with van der Waals surface area (Å²) in [5, 5.41) is 0. The molecule has 0 saturated heterocycles. The van der Waals surface area contributed by atoms with Gasteiger partial charge in [0.15, 0.2) is 0 Å². The third kappa shape index (κ3) is 4.17. The molecule has 9 heteroatoms. The predicted octanol–water partition coefficient (Wildman–Crippen LogP) is 4.28. The highest BCUT2D eigenvalue weighted by Gasteiger charge is 2.34. The highest BCUT2D eigenvalue weighted by molar-refractivity contribution is 9.10. The second-order valence-electron chi connectivity index (χ2n) is 4.47. The minimum atomic E-state index is -4.66. The van der Waals surface area contributed by atoms with Gasteiger partial charge < -0.3 is 4.74 Å². The number of hydrogen-bond acceptors (Lipinski definition) is 3. The molecule has 0 radical (unpaired) electrons. The molecule has 2 aromatic carbocycles. The highest BCUT2D eigenvalue weighted by Crippen LogP contribution is 2.36. The van der Waals surface area contributed by atoms with Crippen molar-refractivity contribution in [1.82, 2.24) is 0 Å². The van der Waals surface area contributed by atoms with Crippen molar-refractivity contribution >= 4 is 31.6 Å². The Bertz CT molecular complexity index is 805. The second kappa shape index (κ2) is 6.40. The Morgan fingerprint density at radius 3 is 2.22 bits per heavy atom. The minimum absolute atomic E-state index is 0.210. The van der Waals surface area contributed by atoms with Gasteiger partial charge in [-0.25, -0.2) is 8.42 Å². The summed E-state index contributed by atoms with van der Waals surface area (Å²) in [6.45, 7) is 0. The van der Waals surface area contributed by atoms with Crippen molar-refractivity contribution in [2.45, 2.75) is 11.1 Å². The lowest BCUT2D eigenvalue weighted by Gasteiger charge is -2.13. The van der Waals surface area contributed by atoms with E-state index < -0.39 is 26.7 Å². The van der Waals surface area contributed by atoms with Crippen LogP contribution in [0.2, 0.25) is 0 Å². The zero-order valence-electron chi connectivity index (χ0n) is 11.7. The second-order valence-corrected chi connectivity index (χ2v) is 7.01. The molecule has 4 nitrogen and oxygen atoms in total. The molecule has 2 rings (SSSR count). The monoisotopic (exact) mass is 409 g/mol. The summed E-state index contributed by atoms with van der Waals surface area (Å²) in [5.41, 5.74) is -0.850. The van der Waals surface area contributed by atoms with Crippen molar-refractivity contribution in [1.29, 1.82) is 0 Å². The quantitative estimate of drug-likeness (QED) is 0.819. The molecule has 0 fully saturated rings. The van der Waals surface area contributed by atoms with Crippen LogP contribution in [-0.4, -0.2) is 15.5 Å². The van der Waals surface area contributed by atoms with Crippen LogP contribution in [0.15, 0.2) is 51.8 Å². The van der Waals surface area contributed by atoms with Crippen LogP contribution < -0.4 is 9.46 Å². The van der Waals surface area contributed by atoms with Crippen molar-refractivity contribution in [3.8, 4) is 5.75 Å². The van der Waals surface area contributed by atoms with Gasteiger partial charge in [0.2, 0.25) is 0 Å². The molecule has 0 aliphatic rings. The number of ether oxygens (including phenoxy) is 1. The smallest absolute Gasteiger partial charge is 0.417 e. The fourth-order valence-electron chi connectivity index (χ4n) is 1.76. The summed E-state index contributed by atoms with van der Waals surface area (Å²) < 4.78 is 70.0. The molecular formula is C14H11BrF3NO3S. The SMILES string of the molecule is COc1ccc(NS(=O)(=O)c2ccc(Br)c(C(F)(F)F)c2)cc1. The molecule has 0 amide bonds. The lowest BCUT2D eigenvalue weighted by atomic mass is 10.2. The molecule has 0 aromatic heterocycles. The van der Waals surface area contributed by atoms with Gasteiger partial charge in [0.05, 0.1) is 17.6 Å². The Balaban J connectivity index is 2.35. The normalized spacial score (nSPS) is 12.0. The molecule has 124 valence electrons. The number of anilines is 1. The topological polar surface area (TPSA) is 55.4 Å². The van der Waals surface area contributed by atoms with E-state index in [1.54, 1.807) is 0 Å². The third-order valence-electron chi connectivity index (χ3n) is 2.90. The number of alkyl halides is 3. The van der Waals surface area contributed by atoms with Gasteiger partial charge >= 0.3 is 6.18 Å². The third-order valence-corrected chi connectivity index (χ3v) is 4.97. The molecule has 0 spiro atoms.